The third-order valence-corrected chi connectivity index (χ3v) is 6.91. The van der Waals surface area contributed by atoms with Crippen LogP contribution in [-0.4, -0.2) is 44.9 Å². The maximum atomic E-state index is 14.3. The first-order valence-electron chi connectivity index (χ1n) is 15.0. The first-order chi connectivity index (χ1) is 21.3. The molecule has 0 saturated carbocycles. The summed E-state index contributed by atoms with van der Waals surface area (Å²) in [5.74, 6) is -0.0620. The standard InChI is InChI=1S/C35H40N2O7S.Na/c1-19(2)41-26-12-9-24(10-13-26)33(38)27(32(35(39)40)25-11-14-28-29(18-25)37-45-36-28)15-23-16-30(42-20(3)4)34(44-22(7)8)31(17-23)43-21(5)6;/h9-14,16-22H,15H2,1-8H3,(H,39,40);/q;+1/p-1/b32-27+;. The molecule has 0 amide bonds. The monoisotopic (exact) mass is 654 g/mol. The van der Waals surface area contributed by atoms with Crippen LogP contribution >= 0.6 is 11.7 Å². The van der Waals surface area contributed by atoms with Gasteiger partial charge >= 0.3 is 29.6 Å². The van der Waals surface area contributed by atoms with Crippen molar-refractivity contribution in [1.29, 1.82) is 0 Å². The Labute approximate surface area is 296 Å². The smallest absolute Gasteiger partial charge is 0.545 e. The van der Waals surface area contributed by atoms with E-state index in [-0.39, 0.29) is 77.1 Å². The first kappa shape index (κ1) is 37.0. The second kappa shape index (κ2) is 16.4. The van der Waals surface area contributed by atoms with Crippen LogP contribution in [0.5, 0.6) is 23.0 Å². The van der Waals surface area contributed by atoms with Crippen molar-refractivity contribution in [2.75, 3.05) is 0 Å². The molecule has 0 spiro atoms. The van der Waals surface area contributed by atoms with Crippen LogP contribution < -0.4 is 53.6 Å². The number of allylic oxidation sites excluding steroid dienone is 1. The minimum atomic E-state index is -1.49. The number of carboxylic acid groups (broad SMARTS) is 1. The predicted molar refractivity (Wildman–Crippen MR) is 173 cm³/mol. The number of aliphatic carboxylic acids is 1. The van der Waals surface area contributed by atoms with Crippen LogP contribution in [0.3, 0.4) is 0 Å². The van der Waals surface area contributed by atoms with Crippen LogP contribution in [0.15, 0.2) is 60.2 Å². The van der Waals surface area contributed by atoms with Gasteiger partial charge in [0.1, 0.15) is 16.8 Å². The summed E-state index contributed by atoms with van der Waals surface area (Å²) < 4.78 is 32.6. The van der Waals surface area contributed by atoms with Crippen molar-refractivity contribution in [3.8, 4) is 23.0 Å². The Morgan fingerprint density at radius 3 is 1.74 bits per heavy atom. The molecular weight excluding hydrogens is 615 g/mol. The van der Waals surface area contributed by atoms with Crippen LogP contribution in [0.25, 0.3) is 16.6 Å². The van der Waals surface area contributed by atoms with Gasteiger partial charge in [0.15, 0.2) is 17.3 Å². The van der Waals surface area contributed by atoms with Crippen molar-refractivity contribution in [3.05, 3.63) is 76.9 Å². The van der Waals surface area contributed by atoms with Gasteiger partial charge in [0.25, 0.3) is 0 Å². The summed E-state index contributed by atoms with van der Waals surface area (Å²) in [6, 6.07) is 15.1. The minimum absolute atomic E-state index is 0. The fraction of sp³-hybridized carbons (Fsp3) is 0.371. The molecule has 0 N–H and O–H groups in total. The minimum Gasteiger partial charge on any atom is -0.545 e. The SMILES string of the molecule is CC(C)Oc1ccc(C(=O)/C(Cc2cc(OC(C)C)c(OC(C)C)c(OC(C)C)c2)=C(/C(=O)[O-])c2ccc3nsnc3c2)cc1.[Na+]. The number of Topliss-reactive ketones (excluding diaryl/α,β-unsaturated/α-hetero) is 1. The van der Waals surface area contributed by atoms with Crippen molar-refractivity contribution >= 4 is 40.1 Å². The van der Waals surface area contributed by atoms with Gasteiger partial charge < -0.3 is 28.8 Å². The zero-order valence-electron chi connectivity index (χ0n) is 27.9. The number of hydrogen-bond donors (Lipinski definition) is 0. The normalized spacial score (nSPS) is 11.9. The van der Waals surface area contributed by atoms with E-state index in [1.807, 2.05) is 55.4 Å². The number of carbonyl (C=O) groups is 2. The molecule has 0 saturated heterocycles. The van der Waals surface area contributed by atoms with E-state index in [0.717, 1.165) is 11.7 Å². The average molecular weight is 655 g/mol. The number of hydrogen-bond acceptors (Lipinski definition) is 10. The van der Waals surface area contributed by atoms with Gasteiger partial charge in [-0.05, 0) is 115 Å². The molecule has 4 rings (SSSR count). The van der Waals surface area contributed by atoms with E-state index in [0.29, 0.717) is 45.2 Å². The second-order valence-corrected chi connectivity index (χ2v) is 12.3. The molecule has 4 aromatic rings. The van der Waals surface area contributed by atoms with Gasteiger partial charge in [0.05, 0.1) is 42.1 Å². The number of rotatable bonds is 14. The summed E-state index contributed by atoms with van der Waals surface area (Å²) in [5, 5.41) is 12.9. The molecule has 238 valence electrons. The largest absolute Gasteiger partial charge is 1.00 e. The van der Waals surface area contributed by atoms with Gasteiger partial charge in [-0.2, -0.15) is 8.75 Å². The summed E-state index contributed by atoms with van der Waals surface area (Å²) in [6.07, 6.45) is -0.664. The second-order valence-electron chi connectivity index (χ2n) is 11.7. The molecule has 1 aromatic heterocycles. The average Bonchev–Trinajstić information content (AvgIpc) is 3.41. The fourth-order valence-corrected chi connectivity index (χ4v) is 5.26. The van der Waals surface area contributed by atoms with Crippen molar-refractivity contribution < 1.29 is 63.2 Å². The maximum absolute atomic E-state index is 14.3. The van der Waals surface area contributed by atoms with Crippen LogP contribution in [-0.2, 0) is 11.2 Å². The molecule has 0 unspecified atom stereocenters. The van der Waals surface area contributed by atoms with Gasteiger partial charge in [0.2, 0.25) is 5.75 Å². The van der Waals surface area contributed by atoms with E-state index < -0.39 is 11.8 Å². The molecule has 11 heteroatoms. The molecule has 0 fully saturated rings. The Hall–Kier alpha value is -3.44. The predicted octanol–water partition coefficient (Wildman–Crippen LogP) is 3.47. The van der Waals surface area contributed by atoms with Gasteiger partial charge in [0, 0.05) is 23.1 Å². The Kier molecular flexibility index (Phi) is 13.2. The van der Waals surface area contributed by atoms with Crippen molar-refractivity contribution in [3.63, 3.8) is 0 Å². The number of fused-ring (bicyclic) bond motifs is 1. The quantitative estimate of drug-likeness (QED) is 0.114. The van der Waals surface area contributed by atoms with E-state index >= 15 is 0 Å². The van der Waals surface area contributed by atoms with Crippen LogP contribution in [0.4, 0.5) is 0 Å². The zero-order chi connectivity index (χ0) is 32.8. The van der Waals surface area contributed by atoms with Gasteiger partial charge in [-0.25, -0.2) is 0 Å². The maximum Gasteiger partial charge on any atom is 1.00 e. The van der Waals surface area contributed by atoms with E-state index in [2.05, 4.69) is 8.75 Å². The molecule has 9 nitrogen and oxygen atoms in total. The van der Waals surface area contributed by atoms with Crippen LogP contribution in [0.2, 0.25) is 0 Å². The Morgan fingerprint density at radius 1 is 0.696 bits per heavy atom. The number of carbonyl (C=O) groups excluding carboxylic acids is 2. The number of benzene rings is 3. The molecule has 1 heterocycles. The topological polar surface area (TPSA) is 120 Å². The Balaban J connectivity index is 0.00000576. The van der Waals surface area contributed by atoms with Gasteiger partial charge in [-0.15, -0.1) is 0 Å². The molecule has 0 bridgehead atoms. The van der Waals surface area contributed by atoms with E-state index in [4.69, 9.17) is 18.9 Å². The van der Waals surface area contributed by atoms with Crippen molar-refractivity contribution in [2.24, 2.45) is 0 Å². The molecule has 3 aromatic carbocycles. The summed E-state index contributed by atoms with van der Waals surface area (Å²) in [4.78, 5) is 27.1. The molecular formula is C35H39N2NaO7S. The molecule has 0 atom stereocenters. The zero-order valence-corrected chi connectivity index (χ0v) is 30.7. The van der Waals surface area contributed by atoms with Gasteiger partial charge in [-0.3, -0.25) is 4.79 Å². The summed E-state index contributed by atoms with van der Waals surface area (Å²) >= 11 is 1.02. The van der Waals surface area contributed by atoms with Crippen molar-refractivity contribution in [2.45, 2.75) is 86.2 Å². The van der Waals surface area contributed by atoms with E-state index in [1.54, 1.807) is 54.6 Å². The fourth-order valence-electron chi connectivity index (χ4n) is 4.74. The van der Waals surface area contributed by atoms with Crippen molar-refractivity contribution in [1.82, 2.24) is 8.75 Å². The molecule has 0 aliphatic rings. The number of nitrogens with zero attached hydrogens (tertiary/aromatic N) is 2. The van der Waals surface area contributed by atoms with Crippen LogP contribution in [0, 0.1) is 0 Å². The summed E-state index contributed by atoms with van der Waals surface area (Å²) in [7, 11) is 0. The number of ether oxygens (including phenoxy) is 4. The van der Waals surface area contributed by atoms with E-state index in [9.17, 15) is 14.7 Å². The number of aromatic nitrogens is 2. The van der Waals surface area contributed by atoms with E-state index in [1.165, 1.54) is 0 Å². The first-order valence-corrected chi connectivity index (χ1v) is 15.7. The Morgan fingerprint density at radius 2 is 1.22 bits per heavy atom. The molecule has 46 heavy (non-hydrogen) atoms. The number of carboxylic acids is 1. The third kappa shape index (κ3) is 9.54. The Bertz CT molecular complexity index is 1660. The summed E-state index contributed by atoms with van der Waals surface area (Å²) in [5.41, 5.74) is 2.12. The molecule has 0 aliphatic heterocycles. The van der Waals surface area contributed by atoms with Gasteiger partial charge in [-0.1, -0.05) is 6.07 Å². The molecule has 0 aliphatic carbocycles. The molecule has 0 radical (unpaired) electrons. The van der Waals surface area contributed by atoms with Crippen LogP contribution in [0.1, 0.15) is 76.9 Å². The summed E-state index contributed by atoms with van der Waals surface area (Å²) in [6.45, 7) is 15.2. The third-order valence-electron chi connectivity index (χ3n) is 6.35. The number of ketones is 1.